The lowest BCUT2D eigenvalue weighted by molar-refractivity contribution is -0.121. The minimum Gasteiger partial charge on any atom is -0.356 e. The van der Waals surface area contributed by atoms with Crippen molar-refractivity contribution in [3.8, 4) is 0 Å². The summed E-state index contributed by atoms with van der Waals surface area (Å²) < 4.78 is 0. The third kappa shape index (κ3) is 3.98. The number of nitrogens with one attached hydrogen (secondary N) is 2. The first-order valence-corrected chi connectivity index (χ1v) is 7.49. The van der Waals surface area contributed by atoms with Crippen LogP contribution in [0.3, 0.4) is 0 Å². The molecule has 1 heterocycles. The SMILES string of the molecule is CC(CNC(=O)CC1CSCCN1)C1CC1. The van der Waals surface area contributed by atoms with Gasteiger partial charge in [0.25, 0.3) is 0 Å². The van der Waals surface area contributed by atoms with Crippen LogP contribution in [0.1, 0.15) is 26.2 Å². The molecule has 3 nitrogen and oxygen atoms in total. The van der Waals surface area contributed by atoms with Crippen molar-refractivity contribution in [3.63, 3.8) is 0 Å². The zero-order valence-electron chi connectivity index (χ0n) is 10.00. The summed E-state index contributed by atoms with van der Waals surface area (Å²) >= 11 is 1.94. The molecule has 16 heavy (non-hydrogen) atoms. The molecule has 1 aliphatic heterocycles. The molecule has 0 aromatic heterocycles. The van der Waals surface area contributed by atoms with E-state index in [9.17, 15) is 4.79 Å². The van der Waals surface area contributed by atoms with E-state index in [1.807, 2.05) is 11.8 Å². The van der Waals surface area contributed by atoms with Gasteiger partial charge >= 0.3 is 0 Å². The number of carbonyl (C=O) groups excluding carboxylic acids is 1. The average Bonchev–Trinajstić information content (AvgIpc) is 3.11. The Morgan fingerprint density at radius 2 is 2.38 bits per heavy atom. The van der Waals surface area contributed by atoms with E-state index in [4.69, 9.17) is 0 Å². The molecule has 0 spiro atoms. The number of thioether (sulfide) groups is 1. The van der Waals surface area contributed by atoms with Crippen LogP contribution >= 0.6 is 11.8 Å². The molecule has 2 rings (SSSR count). The maximum Gasteiger partial charge on any atom is 0.221 e. The van der Waals surface area contributed by atoms with Crippen molar-refractivity contribution in [3.05, 3.63) is 0 Å². The summed E-state index contributed by atoms with van der Waals surface area (Å²) in [5.74, 6) is 4.01. The number of rotatable bonds is 5. The second kappa shape index (κ2) is 5.92. The van der Waals surface area contributed by atoms with Crippen LogP contribution in [0.4, 0.5) is 0 Å². The molecular weight excluding hydrogens is 220 g/mol. The molecular formula is C12H22N2OS. The van der Waals surface area contributed by atoms with Gasteiger partial charge in [-0.15, -0.1) is 0 Å². The van der Waals surface area contributed by atoms with Gasteiger partial charge in [-0.2, -0.15) is 11.8 Å². The predicted octanol–water partition coefficient (Wildman–Crippen LogP) is 1.24. The first-order chi connectivity index (χ1) is 7.75. The van der Waals surface area contributed by atoms with Gasteiger partial charge in [0.1, 0.15) is 0 Å². The third-order valence-corrected chi connectivity index (χ3v) is 4.61. The molecule has 2 N–H and O–H groups in total. The van der Waals surface area contributed by atoms with Crippen molar-refractivity contribution in [1.29, 1.82) is 0 Å². The van der Waals surface area contributed by atoms with Crippen molar-refractivity contribution < 1.29 is 4.79 Å². The summed E-state index contributed by atoms with van der Waals surface area (Å²) in [6.07, 6.45) is 3.36. The zero-order valence-corrected chi connectivity index (χ0v) is 10.8. The van der Waals surface area contributed by atoms with E-state index in [2.05, 4.69) is 17.6 Å². The average molecular weight is 242 g/mol. The number of carbonyl (C=O) groups is 1. The fourth-order valence-electron chi connectivity index (χ4n) is 2.15. The summed E-state index contributed by atoms with van der Waals surface area (Å²) in [5, 5.41) is 6.45. The molecule has 0 aromatic rings. The van der Waals surface area contributed by atoms with Crippen LogP contribution in [-0.4, -0.2) is 36.5 Å². The normalized spacial score (nSPS) is 27.4. The van der Waals surface area contributed by atoms with E-state index in [1.54, 1.807) is 0 Å². The monoisotopic (exact) mass is 242 g/mol. The fourth-order valence-corrected chi connectivity index (χ4v) is 3.10. The van der Waals surface area contributed by atoms with Crippen LogP contribution in [0.5, 0.6) is 0 Å². The van der Waals surface area contributed by atoms with Crippen molar-refractivity contribution in [1.82, 2.24) is 10.6 Å². The second-order valence-electron chi connectivity index (χ2n) is 5.05. The summed E-state index contributed by atoms with van der Waals surface area (Å²) in [5.41, 5.74) is 0. The molecule has 2 aliphatic rings. The summed E-state index contributed by atoms with van der Waals surface area (Å²) in [6.45, 7) is 4.15. The molecule has 4 heteroatoms. The molecule has 0 aromatic carbocycles. The molecule has 2 unspecified atom stereocenters. The van der Waals surface area contributed by atoms with Crippen molar-refractivity contribution in [2.45, 2.75) is 32.2 Å². The molecule has 92 valence electrons. The fraction of sp³-hybridized carbons (Fsp3) is 0.917. The lowest BCUT2D eigenvalue weighted by Gasteiger charge is -2.22. The van der Waals surface area contributed by atoms with E-state index in [1.165, 1.54) is 18.6 Å². The molecule has 0 radical (unpaired) electrons. The van der Waals surface area contributed by atoms with Gasteiger partial charge in [0, 0.05) is 37.1 Å². The van der Waals surface area contributed by atoms with Gasteiger partial charge in [-0.05, 0) is 24.7 Å². The Kier molecular flexibility index (Phi) is 4.53. The van der Waals surface area contributed by atoms with Gasteiger partial charge in [0.2, 0.25) is 5.91 Å². The Labute approximate surface area is 102 Å². The minimum absolute atomic E-state index is 0.215. The Hall–Kier alpha value is -0.220. The summed E-state index contributed by atoms with van der Waals surface area (Å²) in [4.78, 5) is 11.7. The highest BCUT2D eigenvalue weighted by Gasteiger charge is 2.28. The third-order valence-electron chi connectivity index (χ3n) is 3.48. The van der Waals surface area contributed by atoms with Gasteiger partial charge in [0.15, 0.2) is 0 Å². The highest BCUT2D eigenvalue weighted by Crippen LogP contribution is 2.36. The van der Waals surface area contributed by atoms with Crippen LogP contribution in [-0.2, 0) is 4.79 Å². The van der Waals surface area contributed by atoms with Crippen LogP contribution in [0.2, 0.25) is 0 Å². The second-order valence-corrected chi connectivity index (χ2v) is 6.20. The van der Waals surface area contributed by atoms with Crippen LogP contribution < -0.4 is 10.6 Å². The Morgan fingerprint density at radius 3 is 3.00 bits per heavy atom. The van der Waals surface area contributed by atoms with Gasteiger partial charge in [-0.3, -0.25) is 4.79 Å². The highest BCUT2D eigenvalue weighted by atomic mass is 32.2. The van der Waals surface area contributed by atoms with Crippen LogP contribution in [0.15, 0.2) is 0 Å². The standard InChI is InChI=1S/C12H22N2OS/c1-9(10-2-3-10)7-14-12(15)6-11-8-16-5-4-13-11/h9-11,13H,2-8H2,1H3,(H,14,15). The highest BCUT2D eigenvalue weighted by molar-refractivity contribution is 7.99. The summed E-state index contributed by atoms with van der Waals surface area (Å²) in [6, 6.07) is 0.384. The lowest BCUT2D eigenvalue weighted by Crippen LogP contribution is -2.42. The van der Waals surface area contributed by atoms with Gasteiger partial charge in [0.05, 0.1) is 0 Å². The minimum atomic E-state index is 0.215. The lowest BCUT2D eigenvalue weighted by atomic mass is 10.1. The van der Waals surface area contributed by atoms with Gasteiger partial charge < -0.3 is 10.6 Å². The smallest absolute Gasteiger partial charge is 0.221 e. The number of hydrogen-bond donors (Lipinski definition) is 2. The molecule has 2 atom stereocenters. The van der Waals surface area contributed by atoms with Crippen LogP contribution in [0.25, 0.3) is 0 Å². The summed E-state index contributed by atoms with van der Waals surface area (Å²) in [7, 11) is 0. The topological polar surface area (TPSA) is 41.1 Å². The van der Waals surface area contributed by atoms with Crippen molar-refractivity contribution >= 4 is 17.7 Å². The van der Waals surface area contributed by atoms with E-state index < -0.39 is 0 Å². The Bertz CT molecular complexity index is 237. The van der Waals surface area contributed by atoms with Gasteiger partial charge in [-0.25, -0.2) is 0 Å². The molecule has 1 amide bonds. The largest absolute Gasteiger partial charge is 0.356 e. The molecule has 1 saturated carbocycles. The maximum absolute atomic E-state index is 11.7. The zero-order chi connectivity index (χ0) is 11.4. The van der Waals surface area contributed by atoms with Gasteiger partial charge in [-0.1, -0.05) is 6.92 Å². The van der Waals surface area contributed by atoms with Crippen LogP contribution in [0, 0.1) is 11.8 Å². The molecule has 1 aliphatic carbocycles. The molecule has 2 fully saturated rings. The van der Waals surface area contributed by atoms with E-state index >= 15 is 0 Å². The first kappa shape index (κ1) is 12.2. The van der Waals surface area contributed by atoms with Crippen molar-refractivity contribution in [2.24, 2.45) is 11.8 Å². The first-order valence-electron chi connectivity index (χ1n) is 6.33. The van der Waals surface area contributed by atoms with E-state index in [0.29, 0.717) is 18.4 Å². The van der Waals surface area contributed by atoms with Crippen molar-refractivity contribution in [2.75, 3.05) is 24.6 Å². The number of amides is 1. The molecule has 1 saturated heterocycles. The number of hydrogen-bond acceptors (Lipinski definition) is 3. The van der Waals surface area contributed by atoms with E-state index in [-0.39, 0.29) is 5.91 Å². The predicted molar refractivity (Wildman–Crippen MR) is 68.6 cm³/mol. The Balaban J connectivity index is 1.59. The Morgan fingerprint density at radius 1 is 1.56 bits per heavy atom. The quantitative estimate of drug-likeness (QED) is 0.762. The van der Waals surface area contributed by atoms with E-state index in [0.717, 1.165) is 24.8 Å². The maximum atomic E-state index is 11.7. The molecule has 0 bridgehead atoms.